The first-order valence-corrected chi connectivity index (χ1v) is 11.5. The molecule has 9 heteroatoms. The molecular weight excluding hydrogens is 418 g/mol. The summed E-state index contributed by atoms with van der Waals surface area (Å²) in [5.41, 5.74) is 7.44. The Labute approximate surface area is 180 Å². The second-order valence-electron chi connectivity index (χ2n) is 7.12. The van der Waals surface area contributed by atoms with Crippen LogP contribution < -0.4 is 16.0 Å². The molecule has 0 aliphatic carbocycles. The Morgan fingerprint density at radius 3 is 2.35 bits per heavy atom. The highest BCUT2D eigenvalue weighted by molar-refractivity contribution is 7.92. The summed E-state index contributed by atoms with van der Waals surface area (Å²) in [5, 5.41) is -1.32. The van der Waals surface area contributed by atoms with Gasteiger partial charge in [0.1, 0.15) is 17.6 Å². The molecule has 31 heavy (non-hydrogen) atoms. The summed E-state index contributed by atoms with van der Waals surface area (Å²) < 4.78 is 30.4. The van der Waals surface area contributed by atoms with Crippen LogP contribution in [0.25, 0.3) is 11.1 Å². The van der Waals surface area contributed by atoms with Crippen molar-refractivity contribution >= 4 is 15.7 Å². The predicted molar refractivity (Wildman–Crippen MR) is 117 cm³/mol. The van der Waals surface area contributed by atoms with Crippen LogP contribution in [-0.4, -0.2) is 35.4 Å². The molecule has 0 fully saturated rings. The van der Waals surface area contributed by atoms with Crippen LogP contribution in [0.1, 0.15) is 12.0 Å². The highest BCUT2D eigenvalue weighted by Gasteiger charge is 2.26. The summed E-state index contributed by atoms with van der Waals surface area (Å²) in [6, 6.07) is 14.3. The van der Waals surface area contributed by atoms with E-state index >= 15 is 0 Å². The lowest BCUT2D eigenvalue weighted by atomic mass is 10.1. The number of benzene rings is 1. The molecule has 1 aromatic carbocycles. The molecule has 0 spiro atoms. The number of nitrogens with zero attached hydrogens (tertiary/aromatic N) is 2. The van der Waals surface area contributed by atoms with E-state index in [0.29, 0.717) is 12.4 Å². The molecule has 162 valence electrons. The molecule has 1 amide bonds. The number of hydrogen-bond acceptors (Lipinski definition) is 6. The quantitative estimate of drug-likeness (QED) is 0.540. The average molecular weight is 442 g/mol. The van der Waals surface area contributed by atoms with E-state index in [-0.39, 0.29) is 18.5 Å². The van der Waals surface area contributed by atoms with Crippen molar-refractivity contribution < 1.29 is 17.9 Å². The number of primary amides is 1. The second-order valence-corrected chi connectivity index (χ2v) is 9.35. The van der Waals surface area contributed by atoms with E-state index in [4.69, 9.17) is 10.5 Å². The first-order chi connectivity index (χ1) is 14.7. The number of sulfone groups is 1. The highest BCUT2D eigenvalue weighted by Crippen LogP contribution is 2.22. The summed E-state index contributed by atoms with van der Waals surface area (Å²) in [7, 11) is -3.63. The summed E-state index contributed by atoms with van der Waals surface area (Å²) in [6.07, 6.45) is 5.89. The summed E-state index contributed by atoms with van der Waals surface area (Å²) in [5.74, 6) is -0.217. The number of rotatable bonds is 9. The Kier molecular flexibility index (Phi) is 6.86. The van der Waals surface area contributed by atoms with Gasteiger partial charge in [-0.15, -0.1) is 0 Å². The van der Waals surface area contributed by atoms with Crippen LogP contribution in [0.15, 0.2) is 71.9 Å². The Bertz CT molecular complexity index is 1210. The zero-order valence-electron chi connectivity index (χ0n) is 17.0. The first kappa shape index (κ1) is 22.2. The van der Waals surface area contributed by atoms with Gasteiger partial charge in [-0.3, -0.25) is 14.6 Å². The standard InChI is InChI=1S/C22H23N3O5S/c1-31(28,29)20(22(23)27)9-13-25-12-8-18(14-21(25)26)17-2-4-19(5-3-17)30-15-16-6-10-24-11-7-16/h2-8,10-12,14,20H,9,13,15H2,1H3,(H2,23,27). The molecule has 0 radical (unpaired) electrons. The number of carbonyl (C=O) groups excluding carboxylic acids is 1. The Balaban J connectivity index is 1.66. The topological polar surface area (TPSA) is 121 Å². The van der Waals surface area contributed by atoms with Crippen LogP contribution in [0.3, 0.4) is 0 Å². The largest absolute Gasteiger partial charge is 0.489 e. The van der Waals surface area contributed by atoms with Gasteiger partial charge in [0.15, 0.2) is 9.84 Å². The van der Waals surface area contributed by atoms with E-state index in [1.165, 1.54) is 10.6 Å². The number of hydrogen-bond donors (Lipinski definition) is 1. The van der Waals surface area contributed by atoms with E-state index < -0.39 is 21.0 Å². The maximum atomic E-state index is 12.4. The second kappa shape index (κ2) is 9.57. The average Bonchev–Trinajstić information content (AvgIpc) is 2.73. The lowest BCUT2D eigenvalue weighted by Crippen LogP contribution is -2.36. The predicted octanol–water partition coefficient (Wildman–Crippen LogP) is 1.78. The maximum Gasteiger partial charge on any atom is 0.251 e. The lowest BCUT2D eigenvalue weighted by Gasteiger charge is -2.13. The van der Waals surface area contributed by atoms with E-state index in [0.717, 1.165) is 22.9 Å². The van der Waals surface area contributed by atoms with E-state index in [2.05, 4.69) is 4.98 Å². The van der Waals surface area contributed by atoms with Gasteiger partial charge in [-0.1, -0.05) is 12.1 Å². The van der Waals surface area contributed by atoms with Crippen molar-refractivity contribution in [1.82, 2.24) is 9.55 Å². The molecule has 0 saturated heterocycles. The van der Waals surface area contributed by atoms with Crippen molar-refractivity contribution in [3.05, 3.63) is 83.0 Å². The van der Waals surface area contributed by atoms with Gasteiger partial charge in [0.25, 0.3) is 5.56 Å². The van der Waals surface area contributed by atoms with Crippen LogP contribution in [0, 0.1) is 0 Å². The zero-order valence-corrected chi connectivity index (χ0v) is 17.8. The SMILES string of the molecule is CS(=O)(=O)C(CCn1ccc(-c2ccc(OCc3ccncc3)cc2)cc1=O)C(N)=O. The molecule has 2 aromatic heterocycles. The van der Waals surface area contributed by atoms with Crippen LogP contribution in [-0.2, 0) is 27.8 Å². The van der Waals surface area contributed by atoms with Gasteiger partial charge in [0.05, 0.1) is 0 Å². The molecule has 3 rings (SSSR count). The number of ether oxygens (including phenoxy) is 1. The molecule has 0 aliphatic rings. The molecule has 1 unspecified atom stereocenters. The summed E-state index contributed by atoms with van der Waals surface area (Å²) in [6.45, 7) is 0.499. The minimum atomic E-state index is -3.63. The van der Waals surface area contributed by atoms with Gasteiger partial charge in [0, 0.05) is 37.5 Å². The third-order valence-corrected chi connectivity index (χ3v) is 6.31. The molecule has 0 saturated carbocycles. The van der Waals surface area contributed by atoms with Crippen molar-refractivity contribution in [3.63, 3.8) is 0 Å². The highest BCUT2D eigenvalue weighted by atomic mass is 32.2. The minimum absolute atomic E-state index is 0.0586. The van der Waals surface area contributed by atoms with Crippen molar-refractivity contribution in [2.24, 2.45) is 5.73 Å². The first-order valence-electron chi connectivity index (χ1n) is 9.55. The fourth-order valence-corrected chi connectivity index (χ4v) is 4.04. The van der Waals surface area contributed by atoms with Gasteiger partial charge < -0.3 is 15.0 Å². The lowest BCUT2D eigenvalue weighted by molar-refractivity contribution is -0.117. The van der Waals surface area contributed by atoms with Gasteiger partial charge in [-0.05, 0) is 53.4 Å². The van der Waals surface area contributed by atoms with Crippen molar-refractivity contribution in [1.29, 1.82) is 0 Å². The monoisotopic (exact) mass is 441 g/mol. The van der Waals surface area contributed by atoms with Gasteiger partial charge in [-0.25, -0.2) is 8.42 Å². The number of pyridine rings is 2. The Hall–Kier alpha value is -3.46. The van der Waals surface area contributed by atoms with Crippen LogP contribution >= 0.6 is 0 Å². The summed E-state index contributed by atoms with van der Waals surface area (Å²) >= 11 is 0. The molecular formula is C22H23N3O5S. The van der Waals surface area contributed by atoms with E-state index in [9.17, 15) is 18.0 Å². The van der Waals surface area contributed by atoms with Crippen molar-refractivity contribution in [3.8, 4) is 16.9 Å². The Morgan fingerprint density at radius 1 is 1.10 bits per heavy atom. The number of nitrogens with two attached hydrogens (primary N) is 1. The normalized spacial score (nSPS) is 12.3. The molecule has 1 atom stereocenters. The Morgan fingerprint density at radius 2 is 1.77 bits per heavy atom. The van der Waals surface area contributed by atoms with Crippen molar-refractivity contribution in [2.45, 2.75) is 24.8 Å². The summed E-state index contributed by atoms with van der Waals surface area (Å²) in [4.78, 5) is 27.8. The van der Waals surface area contributed by atoms with Gasteiger partial charge in [-0.2, -0.15) is 0 Å². The fraction of sp³-hybridized carbons (Fsp3) is 0.227. The molecule has 3 aromatic rings. The van der Waals surface area contributed by atoms with Crippen LogP contribution in [0.4, 0.5) is 0 Å². The fourth-order valence-electron chi connectivity index (χ4n) is 3.09. The number of aryl methyl sites for hydroxylation is 1. The molecule has 2 heterocycles. The third kappa shape index (κ3) is 6.02. The molecule has 0 aliphatic heterocycles. The van der Waals surface area contributed by atoms with E-state index in [1.54, 1.807) is 24.7 Å². The smallest absolute Gasteiger partial charge is 0.251 e. The maximum absolute atomic E-state index is 12.4. The number of aromatic nitrogens is 2. The van der Waals surface area contributed by atoms with E-state index in [1.807, 2.05) is 36.4 Å². The molecule has 8 nitrogen and oxygen atoms in total. The van der Waals surface area contributed by atoms with Crippen molar-refractivity contribution in [2.75, 3.05) is 6.26 Å². The number of amides is 1. The zero-order chi connectivity index (χ0) is 22.4. The van der Waals surface area contributed by atoms with Gasteiger partial charge >= 0.3 is 0 Å². The van der Waals surface area contributed by atoms with Gasteiger partial charge in [0.2, 0.25) is 5.91 Å². The third-order valence-electron chi connectivity index (χ3n) is 4.80. The van der Waals surface area contributed by atoms with Crippen LogP contribution in [0.2, 0.25) is 0 Å². The molecule has 2 N–H and O–H groups in total. The molecule has 0 bridgehead atoms. The van der Waals surface area contributed by atoms with Crippen LogP contribution in [0.5, 0.6) is 5.75 Å². The number of carbonyl (C=O) groups is 1. The minimum Gasteiger partial charge on any atom is -0.489 e.